The van der Waals surface area contributed by atoms with Crippen molar-refractivity contribution in [2.75, 3.05) is 6.61 Å². The molecule has 0 aromatic rings. The fourth-order valence-electron chi connectivity index (χ4n) is 6.05. The molecule has 1 fully saturated rings. The summed E-state index contributed by atoms with van der Waals surface area (Å²) in [4.78, 5) is 0. The van der Waals surface area contributed by atoms with E-state index in [1.807, 2.05) is 0 Å². The summed E-state index contributed by atoms with van der Waals surface area (Å²) in [5, 5.41) is 44.7. The number of ether oxygens (including phenoxy) is 1. The third-order valence-electron chi connectivity index (χ3n) is 9.82. The molecule has 6 nitrogen and oxygen atoms in total. The first-order valence-electron chi connectivity index (χ1n) is 22.1. The molecule has 0 saturated carbocycles. The fourth-order valence-corrected chi connectivity index (χ4v) is 34.4. The Balaban J connectivity index is -0.000000602. The second-order valence-corrected chi connectivity index (χ2v) is 40.6. The molecule has 1 saturated heterocycles. The Morgan fingerprint density at radius 1 is 0.353 bits per heavy atom. The summed E-state index contributed by atoms with van der Waals surface area (Å²) in [5.41, 5.74) is 0. The molecule has 9 heteroatoms. The minimum atomic E-state index is -1.57. The van der Waals surface area contributed by atoms with Gasteiger partial charge in [0, 0.05) is 0 Å². The topological polar surface area (TPSA) is 110 Å². The molecule has 0 amide bonds. The minimum Gasteiger partial charge on any atom is -0.394 e. The summed E-state index contributed by atoms with van der Waals surface area (Å²) in [6, 6.07) is 0. The van der Waals surface area contributed by atoms with Gasteiger partial charge in [0.25, 0.3) is 0 Å². The number of hydrogen-bond donors (Lipinski definition) is 5. The van der Waals surface area contributed by atoms with E-state index in [-0.39, 0.29) is 0 Å². The number of aliphatic hydroxyl groups is 5. The molecule has 1 aliphatic heterocycles. The Labute approximate surface area is 341 Å². The number of unbranched alkanes of at least 4 members (excludes halogenated alkanes) is 9. The van der Waals surface area contributed by atoms with E-state index in [1.165, 1.54) is 116 Å². The van der Waals surface area contributed by atoms with E-state index in [9.17, 15) is 0 Å². The van der Waals surface area contributed by atoms with Crippen molar-refractivity contribution in [1.82, 2.24) is 0 Å². The van der Waals surface area contributed by atoms with Crippen LogP contribution in [0.25, 0.3) is 0 Å². The van der Waals surface area contributed by atoms with Crippen molar-refractivity contribution < 1.29 is 30.3 Å². The largest absolute Gasteiger partial charge is 0.394 e. The zero-order chi connectivity index (χ0) is 39.1. The maximum Gasteiger partial charge on any atom is 0.184 e. The van der Waals surface area contributed by atoms with Gasteiger partial charge in [-0.25, -0.2) is 0 Å². The summed E-state index contributed by atoms with van der Waals surface area (Å²) >= 11 is -2.52. The Hall–Kier alpha value is 2.16. The maximum atomic E-state index is 9.12. The summed E-state index contributed by atoms with van der Waals surface area (Å²) in [6.07, 6.45) is 19.5. The van der Waals surface area contributed by atoms with E-state index in [1.54, 1.807) is 39.9 Å². The molecule has 3 radical (unpaired) electrons. The number of hydrogen-bond acceptors (Lipinski definition) is 6. The SMILES string of the molecule is CCC[CH2][Sn]([CH2]CCC)[CH2]CCC.CCC[CH2][Sn]([CH2]CCC)[CH2]CCC.CCC[CH2][Sn]([CH2]CCC)[CH2]CCC.OCC1OC(O)C(O)C(O)C1O. The molecule has 5 unspecified atom stereocenters. The van der Waals surface area contributed by atoms with Gasteiger partial charge >= 0.3 is 277 Å². The van der Waals surface area contributed by atoms with Gasteiger partial charge in [0.05, 0.1) is 6.61 Å². The van der Waals surface area contributed by atoms with Crippen LogP contribution in [-0.2, 0) is 4.74 Å². The Morgan fingerprint density at radius 3 is 0.745 bits per heavy atom. The van der Waals surface area contributed by atoms with Crippen molar-refractivity contribution in [1.29, 1.82) is 0 Å². The molecule has 5 N–H and O–H groups in total. The smallest absolute Gasteiger partial charge is 0.184 e. The second-order valence-electron chi connectivity index (χ2n) is 14.9. The molecule has 1 heterocycles. The summed E-state index contributed by atoms with van der Waals surface area (Å²) in [5.74, 6) is 0. The van der Waals surface area contributed by atoms with E-state index >= 15 is 0 Å². The van der Waals surface area contributed by atoms with Crippen LogP contribution in [0, 0.1) is 0 Å². The van der Waals surface area contributed by atoms with E-state index in [2.05, 4.69) is 67.1 Å². The van der Waals surface area contributed by atoms with Gasteiger partial charge in [-0.2, -0.15) is 0 Å². The zero-order valence-corrected chi connectivity index (χ0v) is 44.4. The molecule has 0 aromatic carbocycles. The van der Waals surface area contributed by atoms with Crippen molar-refractivity contribution in [3.63, 3.8) is 0 Å². The average Bonchev–Trinajstić information content (AvgIpc) is 3.15. The Bertz CT molecular complexity index is 531. The zero-order valence-electron chi connectivity index (χ0n) is 35.8. The van der Waals surface area contributed by atoms with Crippen molar-refractivity contribution in [3.05, 3.63) is 0 Å². The maximum absolute atomic E-state index is 9.12. The summed E-state index contributed by atoms with van der Waals surface area (Å²) in [6.45, 7) is 20.5. The molecule has 0 aromatic heterocycles. The van der Waals surface area contributed by atoms with Crippen molar-refractivity contribution in [2.45, 2.75) is 249 Å². The van der Waals surface area contributed by atoms with Crippen LogP contribution in [0.4, 0.5) is 0 Å². The molecule has 309 valence electrons. The first-order chi connectivity index (χ1) is 24.6. The molecule has 1 aliphatic rings. The minimum absolute atomic E-state index is 0.526. The predicted octanol–water partition coefficient (Wildman–Crippen LogP) is 11.4. The molecule has 5 atom stereocenters. The molecule has 1 rings (SSSR count). The van der Waals surface area contributed by atoms with Gasteiger partial charge in [0.15, 0.2) is 6.29 Å². The van der Waals surface area contributed by atoms with Gasteiger partial charge < -0.3 is 30.3 Å². The normalized spacial score (nSPS) is 20.1. The molecule has 0 spiro atoms. The van der Waals surface area contributed by atoms with E-state index in [0.29, 0.717) is 0 Å². The van der Waals surface area contributed by atoms with Gasteiger partial charge in [-0.3, -0.25) is 0 Å². The quantitative estimate of drug-likeness (QED) is 0.0500. The van der Waals surface area contributed by atoms with Crippen molar-refractivity contribution in [3.8, 4) is 0 Å². The van der Waals surface area contributed by atoms with Crippen LogP contribution >= 0.6 is 0 Å². The third-order valence-corrected chi connectivity index (χ3v) is 37.1. The molecule has 0 aliphatic carbocycles. The van der Waals surface area contributed by atoms with Crippen LogP contribution in [0.5, 0.6) is 0 Å². The van der Waals surface area contributed by atoms with Gasteiger partial charge in [-0.15, -0.1) is 0 Å². The first kappa shape index (κ1) is 57.5. The third kappa shape index (κ3) is 36.3. The monoisotopic (exact) mass is 1050 g/mol. The van der Waals surface area contributed by atoms with Crippen LogP contribution in [-0.4, -0.2) is 122 Å². The molecular weight excluding hydrogens is 957 g/mol. The summed E-state index contributed by atoms with van der Waals surface area (Å²) < 4.78 is 19.7. The van der Waals surface area contributed by atoms with Crippen LogP contribution in [0.3, 0.4) is 0 Å². The Kier molecular flexibility index (Phi) is 50.6. The second kappa shape index (κ2) is 44.9. The van der Waals surface area contributed by atoms with Gasteiger partial charge in [-0.05, 0) is 0 Å². The van der Waals surface area contributed by atoms with Gasteiger partial charge in [-0.1, -0.05) is 0 Å². The van der Waals surface area contributed by atoms with E-state index in [0.717, 1.165) is 0 Å². The average molecular weight is 1050 g/mol. The van der Waals surface area contributed by atoms with Gasteiger partial charge in [0.2, 0.25) is 0 Å². The molecule has 0 bridgehead atoms. The van der Waals surface area contributed by atoms with E-state index in [4.69, 9.17) is 25.5 Å². The standard InChI is InChI=1S/C6H12O6.9C4H9.3Sn/c7-1-2-3(8)4(9)5(10)6(11)12-2;9*1-3-4-2;;;/h2-11H,1H2;9*1,3-4H2,2H3;;;. The Morgan fingerprint density at radius 2 is 0.569 bits per heavy atom. The van der Waals surface area contributed by atoms with Gasteiger partial charge in [0.1, 0.15) is 24.4 Å². The number of rotatable bonds is 28. The number of aliphatic hydroxyl groups excluding tert-OH is 5. The molecule has 51 heavy (non-hydrogen) atoms. The van der Waals surface area contributed by atoms with Crippen LogP contribution in [0.1, 0.15) is 178 Å². The van der Waals surface area contributed by atoms with Crippen LogP contribution in [0.2, 0.25) is 39.9 Å². The van der Waals surface area contributed by atoms with Crippen LogP contribution in [0.15, 0.2) is 0 Å². The molecular formula is C42H93O6Sn3. The fraction of sp³-hybridized carbons (Fsp3) is 1.00. The predicted molar refractivity (Wildman–Crippen MR) is 231 cm³/mol. The van der Waals surface area contributed by atoms with E-state index < -0.39 is 96.6 Å². The van der Waals surface area contributed by atoms with Crippen LogP contribution < -0.4 is 0 Å². The van der Waals surface area contributed by atoms with Crippen molar-refractivity contribution >= 4 is 59.3 Å². The summed E-state index contributed by atoms with van der Waals surface area (Å²) in [7, 11) is 0. The van der Waals surface area contributed by atoms with Crippen molar-refractivity contribution in [2.24, 2.45) is 0 Å². The first-order valence-corrected chi connectivity index (χ1v) is 40.3.